The third kappa shape index (κ3) is 4.80. The van der Waals surface area contributed by atoms with E-state index in [1.165, 1.54) is 11.6 Å². The van der Waals surface area contributed by atoms with Gasteiger partial charge in [0.15, 0.2) is 0 Å². The van der Waals surface area contributed by atoms with E-state index in [2.05, 4.69) is 21.9 Å². The zero-order valence-electron chi connectivity index (χ0n) is 14.9. The molecule has 0 aliphatic rings. The maximum Gasteiger partial charge on any atom is 0.247 e. The van der Waals surface area contributed by atoms with Crippen LogP contribution in [0, 0.1) is 0 Å². The molecule has 0 atom stereocenters. The number of aromatic amines is 1. The van der Waals surface area contributed by atoms with Gasteiger partial charge in [-0.1, -0.05) is 24.9 Å². The van der Waals surface area contributed by atoms with Crippen LogP contribution in [-0.4, -0.2) is 25.8 Å². The van der Waals surface area contributed by atoms with Crippen LogP contribution in [0.25, 0.3) is 11.0 Å². The normalized spacial score (nSPS) is 10.7. The van der Waals surface area contributed by atoms with Crippen molar-refractivity contribution in [2.75, 3.05) is 5.32 Å². The van der Waals surface area contributed by atoms with Gasteiger partial charge in [-0.3, -0.25) is 4.79 Å². The van der Waals surface area contributed by atoms with Crippen molar-refractivity contribution in [3.63, 3.8) is 0 Å². The molecule has 0 saturated carbocycles. The van der Waals surface area contributed by atoms with Gasteiger partial charge in [-0.2, -0.15) is 0 Å². The molecule has 3 N–H and O–H groups in total. The summed E-state index contributed by atoms with van der Waals surface area (Å²) in [6.45, 7) is 3.41. The number of aromatic nitrogens is 2. The average molecular weight is 379 g/mol. The summed E-state index contributed by atoms with van der Waals surface area (Å²) in [7, 11) is 0. The highest BCUT2D eigenvalue weighted by Gasteiger charge is 2.08. The SMILES string of the molecule is C=CC(=O)Nc1cc(CCC(=S)CCc2ccnc3[nH]ccc23)ccc1O. The standard InChI is InChI=1S/C21H21N3O2S/c1-2-20(26)24-18-13-14(4-8-19(18)25)3-6-16(27)7-5-15-9-11-22-21-17(15)10-12-23-21/h2,4,8-13,25H,1,3,5-7H2,(H,22,23)(H,24,26). The Morgan fingerprint density at radius 2 is 2.07 bits per heavy atom. The summed E-state index contributed by atoms with van der Waals surface area (Å²) in [5.41, 5.74) is 3.53. The van der Waals surface area contributed by atoms with Crippen LogP contribution in [0.2, 0.25) is 0 Å². The largest absolute Gasteiger partial charge is 0.506 e. The Bertz CT molecular complexity index is 994. The molecular formula is C21H21N3O2S. The Morgan fingerprint density at radius 1 is 1.26 bits per heavy atom. The van der Waals surface area contributed by atoms with Crippen LogP contribution in [0.5, 0.6) is 5.75 Å². The summed E-state index contributed by atoms with van der Waals surface area (Å²) in [6, 6.07) is 9.26. The molecule has 138 valence electrons. The maximum absolute atomic E-state index is 11.4. The Hall–Kier alpha value is -2.99. The van der Waals surface area contributed by atoms with Gasteiger partial charge >= 0.3 is 0 Å². The van der Waals surface area contributed by atoms with Crippen molar-refractivity contribution in [3.05, 3.63) is 66.5 Å². The lowest BCUT2D eigenvalue weighted by Crippen LogP contribution is -2.08. The van der Waals surface area contributed by atoms with Gasteiger partial charge in [0, 0.05) is 17.8 Å². The van der Waals surface area contributed by atoms with Gasteiger partial charge in [-0.25, -0.2) is 4.98 Å². The number of carbonyl (C=O) groups is 1. The highest BCUT2D eigenvalue weighted by molar-refractivity contribution is 7.80. The number of anilines is 1. The van der Waals surface area contributed by atoms with E-state index in [0.717, 1.165) is 47.1 Å². The second-order valence-corrected chi connectivity index (χ2v) is 6.87. The monoisotopic (exact) mass is 379 g/mol. The topological polar surface area (TPSA) is 78.0 Å². The fourth-order valence-electron chi connectivity index (χ4n) is 2.94. The third-order valence-corrected chi connectivity index (χ3v) is 4.83. The van der Waals surface area contributed by atoms with E-state index in [4.69, 9.17) is 12.2 Å². The number of amides is 1. The van der Waals surface area contributed by atoms with Crippen molar-refractivity contribution in [2.45, 2.75) is 25.7 Å². The molecule has 0 radical (unpaired) electrons. The van der Waals surface area contributed by atoms with Crippen LogP contribution in [-0.2, 0) is 17.6 Å². The second-order valence-electron chi connectivity index (χ2n) is 6.29. The van der Waals surface area contributed by atoms with E-state index < -0.39 is 0 Å². The van der Waals surface area contributed by atoms with Crippen LogP contribution >= 0.6 is 12.2 Å². The van der Waals surface area contributed by atoms with Crippen LogP contribution in [0.3, 0.4) is 0 Å². The molecule has 0 fully saturated rings. The van der Waals surface area contributed by atoms with Crippen molar-refractivity contribution in [1.29, 1.82) is 0 Å². The summed E-state index contributed by atoms with van der Waals surface area (Å²) in [5.74, 6) is -0.323. The highest BCUT2D eigenvalue weighted by Crippen LogP contribution is 2.25. The van der Waals surface area contributed by atoms with Crippen LogP contribution in [0.1, 0.15) is 24.0 Å². The zero-order chi connectivity index (χ0) is 19.2. The van der Waals surface area contributed by atoms with Gasteiger partial charge in [0.25, 0.3) is 0 Å². The molecule has 0 aliphatic carbocycles. The van der Waals surface area contributed by atoms with Gasteiger partial charge in [-0.15, -0.1) is 0 Å². The molecule has 27 heavy (non-hydrogen) atoms. The Morgan fingerprint density at radius 3 is 2.89 bits per heavy atom. The fourth-order valence-corrected chi connectivity index (χ4v) is 3.15. The molecule has 6 heteroatoms. The maximum atomic E-state index is 11.4. The van der Waals surface area contributed by atoms with Gasteiger partial charge < -0.3 is 15.4 Å². The third-order valence-electron chi connectivity index (χ3n) is 4.42. The highest BCUT2D eigenvalue weighted by atomic mass is 32.1. The minimum absolute atomic E-state index is 0.0322. The number of phenols is 1. The molecule has 0 saturated heterocycles. The van der Waals surface area contributed by atoms with Crippen molar-refractivity contribution in [2.24, 2.45) is 0 Å². The van der Waals surface area contributed by atoms with Crippen molar-refractivity contribution in [3.8, 4) is 5.75 Å². The number of nitrogens with one attached hydrogen (secondary N) is 2. The van der Waals surface area contributed by atoms with Crippen molar-refractivity contribution >= 4 is 39.7 Å². The summed E-state index contributed by atoms with van der Waals surface area (Å²) in [6.07, 6.45) is 8.12. The molecule has 0 spiro atoms. The predicted molar refractivity (Wildman–Crippen MR) is 112 cm³/mol. The summed E-state index contributed by atoms with van der Waals surface area (Å²) >= 11 is 5.55. The first-order valence-electron chi connectivity index (χ1n) is 8.75. The molecule has 3 aromatic rings. The van der Waals surface area contributed by atoms with E-state index in [1.54, 1.807) is 12.1 Å². The van der Waals surface area contributed by atoms with Crippen molar-refractivity contribution < 1.29 is 9.90 Å². The number of phenolic OH excluding ortho intramolecular Hbond substituents is 1. The van der Waals surface area contributed by atoms with E-state index in [1.807, 2.05) is 30.6 Å². The number of pyridine rings is 1. The molecule has 0 bridgehead atoms. The number of rotatable bonds is 8. The molecule has 1 aromatic carbocycles. The molecule has 2 aromatic heterocycles. The quantitative estimate of drug-likeness (QED) is 0.309. The molecule has 0 unspecified atom stereocenters. The van der Waals surface area contributed by atoms with E-state index in [-0.39, 0.29) is 11.7 Å². The lowest BCUT2D eigenvalue weighted by molar-refractivity contribution is -0.111. The summed E-state index contributed by atoms with van der Waals surface area (Å²) < 4.78 is 0. The lowest BCUT2D eigenvalue weighted by Gasteiger charge is -2.09. The lowest BCUT2D eigenvalue weighted by atomic mass is 10.0. The Kier molecular flexibility index (Phi) is 5.98. The number of nitrogens with zero attached hydrogens (tertiary/aromatic N) is 1. The van der Waals surface area contributed by atoms with E-state index in [9.17, 15) is 9.90 Å². The second kappa shape index (κ2) is 8.60. The fraction of sp³-hybridized carbons (Fsp3) is 0.190. The molecule has 5 nitrogen and oxygen atoms in total. The molecule has 1 amide bonds. The summed E-state index contributed by atoms with van der Waals surface area (Å²) in [4.78, 5) is 19.9. The Balaban J connectivity index is 1.56. The minimum atomic E-state index is -0.355. The van der Waals surface area contributed by atoms with Gasteiger partial charge in [0.2, 0.25) is 5.91 Å². The average Bonchev–Trinajstić information content (AvgIpc) is 3.16. The van der Waals surface area contributed by atoms with Gasteiger partial charge in [0.1, 0.15) is 11.4 Å². The number of benzene rings is 1. The van der Waals surface area contributed by atoms with Gasteiger partial charge in [-0.05, 0) is 72.0 Å². The molecular weight excluding hydrogens is 358 g/mol. The zero-order valence-corrected chi connectivity index (χ0v) is 15.7. The van der Waals surface area contributed by atoms with E-state index >= 15 is 0 Å². The molecule has 3 rings (SSSR count). The number of hydrogen-bond acceptors (Lipinski definition) is 4. The smallest absolute Gasteiger partial charge is 0.247 e. The number of carbonyl (C=O) groups excluding carboxylic acids is 1. The van der Waals surface area contributed by atoms with Gasteiger partial charge in [0.05, 0.1) is 5.69 Å². The summed E-state index contributed by atoms with van der Waals surface area (Å²) in [5, 5.41) is 13.6. The molecule has 0 aliphatic heterocycles. The first kappa shape index (κ1) is 18.8. The predicted octanol–water partition coefficient (Wildman–Crippen LogP) is 4.33. The number of H-pyrrole nitrogens is 1. The Labute approximate surface area is 163 Å². The van der Waals surface area contributed by atoms with Crippen molar-refractivity contribution in [1.82, 2.24) is 9.97 Å². The van der Waals surface area contributed by atoms with E-state index in [0.29, 0.717) is 5.69 Å². The number of aromatic hydroxyl groups is 1. The van der Waals surface area contributed by atoms with Crippen LogP contribution < -0.4 is 5.32 Å². The molecule has 2 heterocycles. The minimum Gasteiger partial charge on any atom is -0.506 e. The number of aryl methyl sites for hydroxylation is 2. The first-order chi connectivity index (χ1) is 13.1. The number of thiocarbonyl (C=S) groups is 1. The first-order valence-corrected chi connectivity index (χ1v) is 9.15. The number of hydrogen-bond donors (Lipinski definition) is 3. The van der Waals surface area contributed by atoms with Crippen LogP contribution in [0.4, 0.5) is 5.69 Å². The number of fused-ring (bicyclic) bond motifs is 1. The van der Waals surface area contributed by atoms with Crippen LogP contribution in [0.15, 0.2) is 55.4 Å².